The molecule has 1 atom stereocenters. The average molecular weight is 239 g/mol. The first-order valence-electron chi connectivity index (χ1n) is 4.96. The summed E-state index contributed by atoms with van der Waals surface area (Å²) in [5, 5.41) is 18.1. The highest BCUT2D eigenvalue weighted by Gasteiger charge is 2.13. The number of anilines is 1. The fraction of sp³-hybridized carbons (Fsp3) is 0.273. The summed E-state index contributed by atoms with van der Waals surface area (Å²) in [5.41, 5.74) is 1.10. The highest BCUT2D eigenvalue weighted by molar-refractivity contribution is 6.27. The number of aliphatic carboxylic acids is 2. The Morgan fingerprint density at radius 1 is 1.29 bits per heavy atom. The highest BCUT2D eigenvalue weighted by Crippen LogP contribution is 2.27. The van der Waals surface area contributed by atoms with Gasteiger partial charge in [-0.2, -0.15) is 0 Å². The first-order valence-corrected chi connectivity index (χ1v) is 4.96. The molecule has 0 bridgehead atoms. The first-order chi connectivity index (χ1) is 8.00. The van der Waals surface area contributed by atoms with Gasteiger partial charge in [0.1, 0.15) is 11.9 Å². The van der Waals surface area contributed by atoms with E-state index in [4.69, 9.17) is 24.5 Å². The van der Waals surface area contributed by atoms with E-state index >= 15 is 0 Å². The summed E-state index contributed by atoms with van der Waals surface area (Å²) in [6.45, 7) is 2.96. The number of rotatable bonds is 0. The molecule has 6 heteroatoms. The fourth-order valence-corrected chi connectivity index (χ4v) is 1.23. The Kier molecular flexibility index (Phi) is 4.33. The van der Waals surface area contributed by atoms with Gasteiger partial charge in [0.2, 0.25) is 0 Å². The molecule has 1 aliphatic heterocycles. The zero-order valence-electron chi connectivity index (χ0n) is 9.21. The molecule has 0 spiro atoms. The van der Waals surface area contributed by atoms with Crippen LogP contribution < -0.4 is 10.1 Å². The third-order valence-corrected chi connectivity index (χ3v) is 1.98. The Morgan fingerprint density at radius 3 is 2.47 bits per heavy atom. The van der Waals surface area contributed by atoms with E-state index in [-0.39, 0.29) is 6.10 Å². The molecule has 17 heavy (non-hydrogen) atoms. The van der Waals surface area contributed by atoms with Crippen molar-refractivity contribution in [2.24, 2.45) is 0 Å². The molecule has 0 saturated carbocycles. The zero-order valence-corrected chi connectivity index (χ0v) is 9.21. The number of hydrogen-bond donors (Lipinski definition) is 3. The number of benzene rings is 1. The molecular formula is C11H13NO5. The van der Waals surface area contributed by atoms with Crippen LogP contribution in [-0.2, 0) is 9.59 Å². The Balaban J connectivity index is 0.000000209. The van der Waals surface area contributed by atoms with Crippen molar-refractivity contribution in [3.8, 4) is 5.75 Å². The molecule has 6 nitrogen and oxygen atoms in total. The minimum absolute atomic E-state index is 0.282. The number of nitrogens with one attached hydrogen (secondary N) is 1. The number of carboxylic acid groups (broad SMARTS) is 2. The van der Waals surface area contributed by atoms with Crippen LogP contribution in [0.25, 0.3) is 0 Å². The van der Waals surface area contributed by atoms with Gasteiger partial charge in [0, 0.05) is 0 Å². The molecule has 1 aromatic rings. The Bertz CT molecular complexity index is 406. The van der Waals surface area contributed by atoms with Gasteiger partial charge in [-0.05, 0) is 19.1 Å². The highest BCUT2D eigenvalue weighted by atomic mass is 16.5. The minimum Gasteiger partial charge on any atom is -0.487 e. The molecule has 2 rings (SSSR count). The maximum atomic E-state index is 9.10. The van der Waals surface area contributed by atoms with E-state index in [1.807, 2.05) is 24.3 Å². The number of ether oxygens (including phenoxy) is 1. The molecule has 3 N–H and O–H groups in total. The van der Waals surface area contributed by atoms with Crippen LogP contribution in [0.4, 0.5) is 5.69 Å². The van der Waals surface area contributed by atoms with Crippen molar-refractivity contribution in [2.75, 3.05) is 11.9 Å². The van der Waals surface area contributed by atoms with Crippen LogP contribution in [0.5, 0.6) is 5.75 Å². The summed E-state index contributed by atoms with van der Waals surface area (Å²) in [7, 11) is 0. The van der Waals surface area contributed by atoms with E-state index in [0.29, 0.717) is 0 Å². The van der Waals surface area contributed by atoms with E-state index in [2.05, 4.69) is 12.2 Å². The van der Waals surface area contributed by atoms with Gasteiger partial charge in [0.15, 0.2) is 0 Å². The summed E-state index contributed by atoms with van der Waals surface area (Å²) in [6, 6.07) is 8.00. The van der Waals surface area contributed by atoms with E-state index in [1.165, 1.54) is 0 Å². The second kappa shape index (κ2) is 5.74. The molecule has 1 heterocycles. The summed E-state index contributed by atoms with van der Waals surface area (Å²) < 4.78 is 5.57. The molecule has 1 aromatic carbocycles. The van der Waals surface area contributed by atoms with Crippen LogP contribution in [0.15, 0.2) is 24.3 Å². The second-order valence-corrected chi connectivity index (χ2v) is 3.42. The predicted molar refractivity (Wildman–Crippen MR) is 60.3 cm³/mol. The van der Waals surface area contributed by atoms with Crippen molar-refractivity contribution >= 4 is 17.6 Å². The average Bonchev–Trinajstić information content (AvgIpc) is 2.29. The summed E-state index contributed by atoms with van der Waals surface area (Å²) in [4.78, 5) is 18.2. The maximum Gasteiger partial charge on any atom is 0.414 e. The van der Waals surface area contributed by atoms with Crippen LogP contribution in [0, 0.1) is 0 Å². The van der Waals surface area contributed by atoms with E-state index in [9.17, 15) is 0 Å². The van der Waals surface area contributed by atoms with Crippen molar-refractivity contribution < 1.29 is 24.5 Å². The van der Waals surface area contributed by atoms with E-state index in [1.54, 1.807) is 0 Å². The third-order valence-electron chi connectivity index (χ3n) is 1.98. The van der Waals surface area contributed by atoms with Gasteiger partial charge in [0.25, 0.3) is 0 Å². The molecule has 0 radical (unpaired) electrons. The Labute approximate surface area is 97.8 Å². The molecule has 1 unspecified atom stereocenters. The standard InChI is InChI=1S/C9H11NO.C2H2O4/c1-7-6-10-8-4-2-3-5-9(8)11-7;3-1(4)2(5)6/h2-5,7,10H,6H2,1H3;(H,3,4)(H,5,6). The molecular weight excluding hydrogens is 226 g/mol. The molecule has 0 amide bonds. The number of para-hydroxylation sites is 2. The van der Waals surface area contributed by atoms with Crippen molar-refractivity contribution in [3.05, 3.63) is 24.3 Å². The lowest BCUT2D eigenvalue weighted by Crippen LogP contribution is -2.27. The zero-order chi connectivity index (χ0) is 12.8. The molecule has 1 aliphatic rings. The van der Waals surface area contributed by atoms with Crippen molar-refractivity contribution in [2.45, 2.75) is 13.0 Å². The molecule has 0 aliphatic carbocycles. The van der Waals surface area contributed by atoms with Crippen molar-refractivity contribution in [3.63, 3.8) is 0 Å². The smallest absolute Gasteiger partial charge is 0.414 e. The van der Waals surface area contributed by atoms with Crippen LogP contribution in [0.2, 0.25) is 0 Å². The number of fused-ring (bicyclic) bond motifs is 1. The van der Waals surface area contributed by atoms with E-state index < -0.39 is 11.9 Å². The van der Waals surface area contributed by atoms with Gasteiger partial charge < -0.3 is 20.3 Å². The van der Waals surface area contributed by atoms with E-state index in [0.717, 1.165) is 18.0 Å². The van der Waals surface area contributed by atoms with Crippen molar-refractivity contribution in [1.82, 2.24) is 0 Å². The normalized spacial score (nSPS) is 16.4. The van der Waals surface area contributed by atoms with Crippen LogP contribution >= 0.6 is 0 Å². The van der Waals surface area contributed by atoms with Crippen LogP contribution in [0.3, 0.4) is 0 Å². The number of carboxylic acids is 2. The van der Waals surface area contributed by atoms with Gasteiger partial charge in [-0.3, -0.25) is 0 Å². The minimum atomic E-state index is -1.82. The monoisotopic (exact) mass is 239 g/mol. The first kappa shape index (κ1) is 12.8. The van der Waals surface area contributed by atoms with Gasteiger partial charge in [-0.15, -0.1) is 0 Å². The number of carbonyl (C=O) groups is 2. The number of hydrogen-bond acceptors (Lipinski definition) is 4. The summed E-state index contributed by atoms with van der Waals surface area (Å²) in [5.74, 6) is -2.68. The lowest BCUT2D eigenvalue weighted by Gasteiger charge is -2.24. The van der Waals surface area contributed by atoms with Gasteiger partial charge in [-0.25, -0.2) is 9.59 Å². The predicted octanol–water partition coefficient (Wildman–Crippen LogP) is 1.03. The lowest BCUT2D eigenvalue weighted by molar-refractivity contribution is -0.159. The third kappa shape index (κ3) is 4.02. The Hall–Kier alpha value is -2.24. The van der Waals surface area contributed by atoms with Crippen LogP contribution in [0.1, 0.15) is 6.92 Å². The Morgan fingerprint density at radius 2 is 1.88 bits per heavy atom. The largest absolute Gasteiger partial charge is 0.487 e. The fourth-order valence-electron chi connectivity index (χ4n) is 1.23. The van der Waals surface area contributed by atoms with Crippen molar-refractivity contribution in [1.29, 1.82) is 0 Å². The lowest BCUT2D eigenvalue weighted by atomic mass is 10.2. The summed E-state index contributed by atoms with van der Waals surface area (Å²) >= 11 is 0. The van der Waals surface area contributed by atoms with Gasteiger partial charge >= 0.3 is 11.9 Å². The molecule has 92 valence electrons. The summed E-state index contributed by atoms with van der Waals surface area (Å²) in [6.07, 6.45) is 0.282. The van der Waals surface area contributed by atoms with Gasteiger partial charge in [0.05, 0.1) is 12.2 Å². The topological polar surface area (TPSA) is 95.9 Å². The second-order valence-electron chi connectivity index (χ2n) is 3.42. The molecule has 0 saturated heterocycles. The quantitative estimate of drug-likeness (QED) is 0.585. The SMILES string of the molecule is CC1CNc2ccccc2O1.O=C(O)C(=O)O. The maximum absolute atomic E-state index is 9.10. The molecule has 0 aromatic heterocycles. The van der Waals surface area contributed by atoms with Gasteiger partial charge in [-0.1, -0.05) is 12.1 Å². The van der Waals surface area contributed by atoms with Crippen LogP contribution in [-0.4, -0.2) is 34.8 Å². The molecule has 0 fully saturated rings.